The van der Waals surface area contributed by atoms with Crippen LogP contribution in [0.25, 0.3) is 0 Å². The average molecular weight is 488 g/mol. The van der Waals surface area contributed by atoms with E-state index in [4.69, 9.17) is 9.47 Å². The number of hydrogen-bond donors (Lipinski definition) is 3. The summed E-state index contributed by atoms with van der Waals surface area (Å²) in [6.07, 6.45) is -5.24. The van der Waals surface area contributed by atoms with Crippen LogP contribution in [0.15, 0.2) is 15.8 Å². The van der Waals surface area contributed by atoms with Gasteiger partial charge in [0.25, 0.3) is 5.56 Å². The zero-order valence-corrected chi connectivity index (χ0v) is 18.7. The predicted molar refractivity (Wildman–Crippen MR) is 110 cm³/mol. The van der Waals surface area contributed by atoms with Crippen LogP contribution in [0.5, 0.6) is 0 Å². The molecule has 0 radical (unpaired) electrons. The summed E-state index contributed by atoms with van der Waals surface area (Å²) in [5.74, 6) is -1.85. The second-order valence-electron chi connectivity index (χ2n) is 7.49. The van der Waals surface area contributed by atoms with Crippen LogP contribution in [0.2, 0.25) is 0 Å². The predicted octanol–water partition coefficient (Wildman–Crippen LogP) is 1.31. The van der Waals surface area contributed by atoms with Gasteiger partial charge in [0.05, 0.1) is 12.7 Å². The molecule has 1 aliphatic heterocycles. The summed E-state index contributed by atoms with van der Waals surface area (Å²) in [7, 11) is 2.47. The molecule has 0 aliphatic carbocycles. The van der Waals surface area contributed by atoms with Crippen LogP contribution < -0.4 is 16.6 Å². The lowest BCUT2D eigenvalue weighted by molar-refractivity contribution is -0.173. The van der Waals surface area contributed by atoms with E-state index >= 15 is 0 Å². The van der Waals surface area contributed by atoms with E-state index in [0.29, 0.717) is 5.56 Å². The van der Waals surface area contributed by atoms with Crippen LogP contribution in [0, 0.1) is 6.92 Å². The Hall–Kier alpha value is -1.48. The minimum atomic E-state index is -4.93. The summed E-state index contributed by atoms with van der Waals surface area (Å²) in [6, 6.07) is 0. The van der Waals surface area contributed by atoms with E-state index in [0.717, 1.165) is 0 Å². The summed E-state index contributed by atoms with van der Waals surface area (Å²) in [5.41, 5.74) is -0.793. The highest BCUT2D eigenvalue weighted by molar-refractivity contribution is 8.77. The molecule has 1 fully saturated rings. The molecule has 3 atom stereocenters. The van der Waals surface area contributed by atoms with Crippen molar-refractivity contribution in [2.75, 3.05) is 19.1 Å². The first-order valence-corrected chi connectivity index (χ1v) is 11.5. The molecule has 3 N–H and O–H groups in total. The van der Waals surface area contributed by atoms with Gasteiger partial charge in [-0.05, 0) is 20.8 Å². The number of aryl methyl sites for hydroxylation is 1. The first kappa shape index (κ1) is 25.8. The number of nitrogens with zero attached hydrogens (tertiary/aromatic N) is 1. The minimum absolute atomic E-state index is 0.137. The Morgan fingerprint density at radius 2 is 2.10 bits per heavy atom. The molecule has 0 aromatic carbocycles. The number of aromatic nitrogens is 2. The van der Waals surface area contributed by atoms with E-state index in [9.17, 15) is 32.7 Å². The lowest BCUT2D eigenvalue weighted by atomic mass is 10.2. The number of carbonyl (C=O) groups is 1. The summed E-state index contributed by atoms with van der Waals surface area (Å²) >= 11 is 0. The average Bonchev–Trinajstić information content (AvgIpc) is 3.08. The van der Waals surface area contributed by atoms with Gasteiger partial charge in [0.15, 0.2) is 0 Å². The van der Waals surface area contributed by atoms with E-state index < -0.39 is 46.5 Å². The topological polar surface area (TPSA) is 123 Å². The zero-order valence-electron chi connectivity index (χ0n) is 17.0. The van der Waals surface area contributed by atoms with Crippen molar-refractivity contribution >= 4 is 27.5 Å². The van der Waals surface area contributed by atoms with Crippen LogP contribution in [0.4, 0.5) is 13.2 Å². The van der Waals surface area contributed by atoms with Crippen molar-refractivity contribution in [3.8, 4) is 0 Å². The minimum Gasteiger partial charge on any atom is -0.394 e. The van der Waals surface area contributed by atoms with Gasteiger partial charge >= 0.3 is 17.8 Å². The van der Waals surface area contributed by atoms with Gasteiger partial charge in [0.2, 0.25) is 0 Å². The van der Waals surface area contributed by atoms with Crippen molar-refractivity contribution in [2.24, 2.45) is 0 Å². The highest BCUT2D eigenvalue weighted by Crippen LogP contribution is 2.37. The van der Waals surface area contributed by atoms with E-state index in [-0.39, 0.29) is 25.5 Å². The van der Waals surface area contributed by atoms with Crippen molar-refractivity contribution in [1.29, 1.82) is 0 Å². The van der Waals surface area contributed by atoms with Crippen molar-refractivity contribution < 1.29 is 32.5 Å². The molecule has 14 heteroatoms. The second-order valence-corrected chi connectivity index (χ2v) is 10.4. The molecular weight excluding hydrogens is 463 g/mol. The van der Waals surface area contributed by atoms with Gasteiger partial charge < -0.3 is 19.9 Å². The number of hydrogen-bond acceptors (Lipinski definition) is 8. The van der Waals surface area contributed by atoms with Gasteiger partial charge in [-0.3, -0.25) is 19.1 Å². The van der Waals surface area contributed by atoms with Gasteiger partial charge in [0.1, 0.15) is 18.3 Å². The summed E-state index contributed by atoms with van der Waals surface area (Å²) < 4.78 is 48.8. The molecule has 1 aliphatic rings. The molecule has 9 nitrogen and oxygen atoms in total. The summed E-state index contributed by atoms with van der Waals surface area (Å²) in [6.45, 7) is 4.37. The van der Waals surface area contributed by atoms with Gasteiger partial charge in [0, 0.05) is 29.5 Å². The van der Waals surface area contributed by atoms with Crippen LogP contribution in [-0.2, 0) is 14.3 Å². The van der Waals surface area contributed by atoms with Crippen LogP contribution in [-0.4, -0.2) is 62.8 Å². The summed E-state index contributed by atoms with van der Waals surface area (Å²) in [4.78, 5) is 36.7. The maximum atomic E-state index is 12.3. The van der Waals surface area contributed by atoms with Gasteiger partial charge in [-0.1, -0.05) is 21.6 Å². The van der Waals surface area contributed by atoms with Gasteiger partial charge in [-0.25, -0.2) is 4.79 Å². The molecule has 1 aromatic rings. The monoisotopic (exact) mass is 487 g/mol. The Labute approximate surface area is 183 Å². The maximum Gasteiger partial charge on any atom is 0.471 e. The van der Waals surface area contributed by atoms with Crippen LogP contribution in [0.1, 0.15) is 32.1 Å². The molecule has 0 bridgehead atoms. The molecule has 1 unspecified atom stereocenters. The second kappa shape index (κ2) is 10.4. The Kier molecular flexibility index (Phi) is 8.67. The first-order valence-electron chi connectivity index (χ1n) is 9.19. The lowest BCUT2D eigenvalue weighted by Gasteiger charge is -2.24. The normalized spacial score (nSPS) is 22.0. The number of halogens is 3. The molecule has 1 aromatic heterocycles. The fourth-order valence-electron chi connectivity index (χ4n) is 2.73. The van der Waals surface area contributed by atoms with Crippen molar-refractivity contribution in [3.63, 3.8) is 0 Å². The third kappa shape index (κ3) is 7.27. The number of carbonyl (C=O) groups excluding carboxylic acids is 1. The maximum absolute atomic E-state index is 12.3. The molecule has 0 saturated carbocycles. The smallest absolute Gasteiger partial charge is 0.394 e. The Morgan fingerprint density at radius 3 is 2.71 bits per heavy atom. The van der Waals surface area contributed by atoms with E-state index in [2.05, 4.69) is 4.98 Å². The number of aliphatic hydroxyl groups is 1. The molecule has 0 spiro atoms. The van der Waals surface area contributed by atoms with Crippen molar-refractivity contribution in [3.05, 3.63) is 32.6 Å². The Balaban J connectivity index is 1.85. The number of ether oxygens (including phenoxy) is 2. The first-order chi connectivity index (χ1) is 14.3. The fraction of sp³-hybridized carbons (Fsp3) is 0.706. The molecular formula is C17H24F3N3O6S2. The lowest BCUT2D eigenvalue weighted by Crippen LogP contribution is -2.42. The number of rotatable bonds is 9. The molecule has 2 heterocycles. The van der Waals surface area contributed by atoms with Crippen molar-refractivity contribution in [2.45, 2.75) is 56.6 Å². The Morgan fingerprint density at radius 1 is 1.42 bits per heavy atom. The standard InChI is InChI=1S/C17H24F3N3O6S2/c1-9-5-23(15(27)22-13(9)25)12-4-10(11(6-24)29-12)28-8-30-31-16(2,3)7-21-14(26)17(18,19)20/h5,10-12,24H,4,6-8H2,1-3H3,(H,21,26)(H,22,25,27)/t10?,11-,12-/m1/s1. The Bertz CT molecular complexity index is 889. The molecule has 1 saturated heterocycles. The van der Waals surface area contributed by atoms with Crippen LogP contribution >= 0.6 is 21.6 Å². The number of amides is 1. The molecule has 176 valence electrons. The van der Waals surface area contributed by atoms with E-state index in [1.54, 1.807) is 20.8 Å². The van der Waals surface area contributed by atoms with Gasteiger partial charge in [-0.2, -0.15) is 13.2 Å². The SMILES string of the molecule is Cc1cn([C@H]2CC(OCSSC(C)(C)CNC(=O)C(F)(F)F)[C@@H](CO)O2)c(=O)[nH]c1=O. The van der Waals surface area contributed by atoms with Gasteiger partial charge in [-0.15, -0.1) is 0 Å². The molecule has 31 heavy (non-hydrogen) atoms. The van der Waals surface area contributed by atoms with E-state index in [1.165, 1.54) is 32.4 Å². The quantitative estimate of drug-likeness (QED) is 0.271. The third-order valence-corrected chi connectivity index (χ3v) is 7.30. The van der Waals surface area contributed by atoms with Crippen molar-refractivity contribution in [1.82, 2.24) is 14.9 Å². The largest absolute Gasteiger partial charge is 0.471 e. The summed E-state index contributed by atoms with van der Waals surface area (Å²) in [5, 5.41) is 11.4. The fourth-order valence-corrected chi connectivity index (χ4v) is 4.91. The third-order valence-electron chi connectivity index (χ3n) is 4.36. The highest BCUT2D eigenvalue weighted by Gasteiger charge is 2.39. The number of H-pyrrole nitrogens is 1. The molecule has 1 amide bonds. The number of alkyl halides is 3. The molecule has 2 rings (SSSR count). The zero-order chi connectivity index (χ0) is 23.4. The van der Waals surface area contributed by atoms with Crippen LogP contribution in [0.3, 0.4) is 0 Å². The number of aromatic amines is 1. The van der Waals surface area contributed by atoms with E-state index in [1.807, 2.05) is 5.32 Å². The number of aliphatic hydroxyl groups excluding tert-OH is 1. The highest BCUT2D eigenvalue weighted by atomic mass is 33.1. The number of nitrogens with one attached hydrogen (secondary N) is 2.